The van der Waals surface area contributed by atoms with Crippen molar-refractivity contribution in [3.05, 3.63) is 28.3 Å². The molecule has 0 spiro atoms. The van der Waals surface area contributed by atoms with Gasteiger partial charge in [-0.15, -0.1) is 0 Å². The highest BCUT2D eigenvalue weighted by molar-refractivity contribution is 5.58. The highest BCUT2D eigenvalue weighted by Crippen LogP contribution is 2.31. The lowest BCUT2D eigenvalue weighted by Gasteiger charge is -2.34. The van der Waals surface area contributed by atoms with Crippen LogP contribution in [0.15, 0.2) is 18.2 Å². The van der Waals surface area contributed by atoms with Gasteiger partial charge in [0.05, 0.1) is 17.6 Å². The minimum Gasteiger partial charge on any atom is -0.493 e. The minimum atomic E-state index is -0.368. The number of nitrogens with zero attached hydrogens (tertiary/aromatic N) is 2. The van der Waals surface area contributed by atoms with Crippen LogP contribution in [0.3, 0.4) is 0 Å². The van der Waals surface area contributed by atoms with Gasteiger partial charge >= 0.3 is 0 Å². The fraction of sp³-hybridized carbons (Fsp3) is 0.600. The van der Waals surface area contributed by atoms with Gasteiger partial charge in [-0.1, -0.05) is 6.92 Å². The van der Waals surface area contributed by atoms with E-state index in [4.69, 9.17) is 10.5 Å². The van der Waals surface area contributed by atoms with Crippen molar-refractivity contribution in [2.75, 3.05) is 31.1 Å². The number of hydrogen-bond acceptors (Lipinski definition) is 5. The van der Waals surface area contributed by atoms with Crippen LogP contribution in [0.2, 0.25) is 0 Å². The van der Waals surface area contributed by atoms with E-state index in [2.05, 4.69) is 4.90 Å². The van der Waals surface area contributed by atoms with Crippen molar-refractivity contribution in [3.63, 3.8) is 0 Å². The van der Waals surface area contributed by atoms with E-state index in [1.54, 1.807) is 6.07 Å². The van der Waals surface area contributed by atoms with Gasteiger partial charge in [-0.2, -0.15) is 0 Å². The van der Waals surface area contributed by atoms with E-state index in [1.165, 1.54) is 6.07 Å². The van der Waals surface area contributed by atoms with Crippen molar-refractivity contribution in [2.45, 2.75) is 26.2 Å². The molecule has 2 rings (SSSR count). The van der Waals surface area contributed by atoms with E-state index in [0.29, 0.717) is 24.8 Å². The summed E-state index contributed by atoms with van der Waals surface area (Å²) < 4.78 is 5.57. The standard InChI is InChI=1S/C15H23N3O3/c1-2-6-21-15-8-13(7-14(9-15)18(19)20)17-5-3-4-12(10-16)11-17/h7-9,12H,2-6,10-11,16H2,1H3. The molecule has 0 bridgehead atoms. The zero-order valence-electron chi connectivity index (χ0n) is 12.5. The maximum Gasteiger partial charge on any atom is 0.275 e. The Kier molecular flexibility index (Phi) is 5.38. The second kappa shape index (κ2) is 7.26. The molecule has 0 saturated carbocycles. The molecule has 116 valence electrons. The molecule has 1 aromatic carbocycles. The summed E-state index contributed by atoms with van der Waals surface area (Å²) in [5.74, 6) is 1.02. The van der Waals surface area contributed by atoms with Gasteiger partial charge in [0.2, 0.25) is 0 Å². The Morgan fingerprint density at radius 2 is 2.29 bits per heavy atom. The SMILES string of the molecule is CCCOc1cc(N2CCCC(CN)C2)cc([N+](=O)[O-])c1. The number of anilines is 1. The predicted octanol–water partition coefficient (Wildman–Crippen LogP) is 2.56. The van der Waals surface area contributed by atoms with E-state index in [0.717, 1.165) is 38.0 Å². The largest absolute Gasteiger partial charge is 0.493 e. The Balaban J connectivity index is 2.24. The Labute approximate surface area is 125 Å². The maximum atomic E-state index is 11.1. The van der Waals surface area contributed by atoms with E-state index < -0.39 is 0 Å². The molecule has 1 aliphatic heterocycles. The third-order valence-electron chi connectivity index (χ3n) is 3.78. The number of piperidine rings is 1. The van der Waals surface area contributed by atoms with E-state index in [9.17, 15) is 10.1 Å². The van der Waals surface area contributed by atoms with Crippen LogP contribution in [-0.2, 0) is 0 Å². The van der Waals surface area contributed by atoms with Crippen LogP contribution in [0.25, 0.3) is 0 Å². The predicted molar refractivity (Wildman–Crippen MR) is 82.9 cm³/mol. The number of benzene rings is 1. The number of nitro groups is 1. The molecule has 21 heavy (non-hydrogen) atoms. The van der Waals surface area contributed by atoms with E-state index in [-0.39, 0.29) is 10.6 Å². The lowest BCUT2D eigenvalue weighted by molar-refractivity contribution is -0.384. The lowest BCUT2D eigenvalue weighted by atomic mass is 9.98. The molecule has 1 saturated heterocycles. The third kappa shape index (κ3) is 4.07. The van der Waals surface area contributed by atoms with Crippen molar-refractivity contribution in [3.8, 4) is 5.75 Å². The third-order valence-corrected chi connectivity index (χ3v) is 3.78. The summed E-state index contributed by atoms with van der Waals surface area (Å²) in [7, 11) is 0. The van der Waals surface area contributed by atoms with Crippen LogP contribution < -0.4 is 15.4 Å². The van der Waals surface area contributed by atoms with Crippen LogP contribution in [0.5, 0.6) is 5.75 Å². The molecule has 1 aromatic rings. The van der Waals surface area contributed by atoms with Gasteiger partial charge in [0.15, 0.2) is 0 Å². The summed E-state index contributed by atoms with van der Waals surface area (Å²) in [5.41, 5.74) is 6.69. The van der Waals surface area contributed by atoms with Crippen LogP contribution in [-0.4, -0.2) is 31.2 Å². The normalized spacial score (nSPS) is 18.6. The molecule has 1 aliphatic rings. The summed E-state index contributed by atoms with van der Waals surface area (Å²) in [4.78, 5) is 12.9. The first kappa shape index (κ1) is 15.6. The van der Waals surface area contributed by atoms with Crippen molar-refractivity contribution < 1.29 is 9.66 Å². The van der Waals surface area contributed by atoms with E-state index in [1.807, 2.05) is 13.0 Å². The summed E-state index contributed by atoms with van der Waals surface area (Å²) in [6.45, 7) is 4.99. The Hall–Kier alpha value is -1.82. The topological polar surface area (TPSA) is 81.6 Å². The summed E-state index contributed by atoms with van der Waals surface area (Å²) in [6, 6.07) is 5.00. The molecule has 0 radical (unpaired) electrons. The van der Waals surface area contributed by atoms with Crippen molar-refractivity contribution in [2.24, 2.45) is 11.7 Å². The molecule has 1 heterocycles. The highest BCUT2D eigenvalue weighted by Gasteiger charge is 2.21. The number of non-ortho nitro benzene ring substituents is 1. The smallest absolute Gasteiger partial charge is 0.275 e. The van der Waals surface area contributed by atoms with Crippen molar-refractivity contribution in [1.29, 1.82) is 0 Å². The summed E-state index contributed by atoms with van der Waals surface area (Å²) in [6.07, 6.45) is 3.06. The summed E-state index contributed by atoms with van der Waals surface area (Å²) in [5, 5.41) is 11.1. The number of nitrogens with two attached hydrogens (primary N) is 1. The molecule has 0 amide bonds. The molecule has 1 fully saturated rings. The maximum absolute atomic E-state index is 11.1. The van der Waals surface area contributed by atoms with Crippen LogP contribution in [0.4, 0.5) is 11.4 Å². The molecular weight excluding hydrogens is 270 g/mol. The quantitative estimate of drug-likeness (QED) is 0.644. The zero-order chi connectivity index (χ0) is 15.2. The minimum absolute atomic E-state index is 0.0773. The first-order valence-corrected chi connectivity index (χ1v) is 7.51. The molecule has 0 aromatic heterocycles. The number of hydrogen-bond donors (Lipinski definition) is 1. The second-order valence-electron chi connectivity index (χ2n) is 5.48. The van der Waals surface area contributed by atoms with Gasteiger partial charge < -0.3 is 15.4 Å². The molecule has 0 aliphatic carbocycles. The van der Waals surface area contributed by atoms with Gasteiger partial charge in [-0.25, -0.2) is 0 Å². The molecule has 6 nitrogen and oxygen atoms in total. The van der Waals surface area contributed by atoms with Gasteiger partial charge in [0.1, 0.15) is 5.75 Å². The number of nitro benzene ring substituents is 1. The van der Waals surface area contributed by atoms with E-state index >= 15 is 0 Å². The first-order valence-electron chi connectivity index (χ1n) is 7.51. The Morgan fingerprint density at radius 1 is 1.48 bits per heavy atom. The van der Waals surface area contributed by atoms with Crippen LogP contribution in [0, 0.1) is 16.0 Å². The lowest BCUT2D eigenvalue weighted by Crippen LogP contribution is -2.38. The van der Waals surface area contributed by atoms with Gasteiger partial charge in [0.25, 0.3) is 5.69 Å². The zero-order valence-corrected chi connectivity index (χ0v) is 12.5. The average molecular weight is 293 g/mol. The fourth-order valence-electron chi connectivity index (χ4n) is 2.65. The Bertz CT molecular complexity index is 493. The highest BCUT2D eigenvalue weighted by atomic mass is 16.6. The van der Waals surface area contributed by atoms with Gasteiger partial charge in [-0.05, 0) is 31.7 Å². The number of rotatable bonds is 6. The number of ether oxygens (including phenoxy) is 1. The molecule has 1 atom stereocenters. The van der Waals surface area contributed by atoms with Gasteiger partial charge in [0, 0.05) is 30.9 Å². The monoisotopic (exact) mass is 293 g/mol. The average Bonchev–Trinajstić information content (AvgIpc) is 2.52. The molecule has 1 unspecified atom stereocenters. The van der Waals surface area contributed by atoms with Crippen LogP contribution >= 0.6 is 0 Å². The van der Waals surface area contributed by atoms with Crippen molar-refractivity contribution in [1.82, 2.24) is 0 Å². The molecule has 6 heteroatoms. The molecular formula is C15H23N3O3. The fourth-order valence-corrected chi connectivity index (χ4v) is 2.65. The molecule has 2 N–H and O–H groups in total. The van der Waals surface area contributed by atoms with Gasteiger partial charge in [-0.3, -0.25) is 10.1 Å². The van der Waals surface area contributed by atoms with Crippen LogP contribution in [0.1, 0.15) is 26.2 Å². The summed E-state index contributed by atoms with van der Waals surface area (Å²) >= 11 is 0. The second-order valence-corrected chi connectivity index (χ2v) is 5.48. The first-order chi connectivity index (χ1) is 10.1. The van der Waals surface area contributed by atoms with Crippen molar-refractivity contribution >= 4 is 11.4 Å². The Morgan fingerprint density at radius 3 is 2.95 bits per heavy atom.